The molecule has 1 N–H and O–H groups in total. The van der Waals surface area contributed by atoms with E-state index in [4.69, 9.17) is 4.74 Å². The van der Waals surface area contributed by atoms with Crippen LogP contribution < -0.4 is 5.32 Å². The molecule has 108 valence electrons. The number of ether oxygens (including phenoxy) is 1. The quantitative estimate of drug-likeness (QED) is 0.620. The van der Waals surface area contributed by atoms with Crippen LogP contribution in [0.3, 0.4) is 0 Å². The molecule has 2 aliphatic rings. The molecule has 0 atom stereocenters. The van der Waals surface area contributed by atoms with Crippen LogP contribution in [0.4, 0.5) is 0 Å². The number of esters is 1. The van der Waals surface area contributed by atoms with Gasteiger partial charge >= 0.3 is 5.97 Å². The highest BCUT2D eigenvalue weighted by Gasteiger charge is 2.40. The van der Waals surface area contributed by atoms with Crippen molar-refractivity contribution in [2.45, 2.75) is 39.2 Å². The number of nitrogens with one attached hydrogen (secondary N) is 1. The van der Waals surface area contributed by atoms with Crippen LogP contribution in [-0.4, -0.2) is 23.9 Å². The Morgan fingerprint density at radius 3 is 2.60 bits per heavy atom. The van der Waals surface area contributed by atoms with E-state index in [2.05, 4.69) is 19.2 Å². The fourth-order valence-corrected chi connectivity index (χ4v) is 2.59. The first-order valence-electron chi connectivity index (χ1n) is 6.96. The van der Waals surface area contributed by atoms with Gasteiger partial charge in [0.1, 0.15) is 0 Å². The lowest BCUT2D eigenvalue weighted by Gasteiger charge is -2.44. The SMILES string of the molecule is CCOC(=O)C=C1NC(C)(C)CCC12C=CC(=O)C=C2. The summed E-state index contributed by atoms with van der Waals surface area (Å²) < 4.78 is 5.00. The van der Waals surface area contributed by atoms with E-state index in [-0.39, 0.29) is 17.3 Å². The molecule has 2 rings (SSSR count). The number of ketones is 1. The molecule has 1 aliphatic carbocycles. The zero-order valence-electron chi connectivity index (χ0n) is 12.2. The van der Waals surface area contributed by atoms with Crippen molar-refractivity contribution in [3.05, 3.63) is 36.1 Å². The van der Waals surface area contributed by atoms with E-state index in [0.29, 0.717) is 6.61 Å². The lowest BCUT2D eigenvalue weighted by molar-refractivity contribution is -0.137. The predicted molar refractivity (Wildman–Crippen MR) is 76.9 cm³/mol. The number of carbonyl (C=O) groups excluding carboxylic acids is 2. The van der Waals surface area contributed by atoms with E-state index in [1.807, 2.05) is 12.2 Å². The Bertz CT molecular complexity index is 496. The Morgan fingerprint density at radius 1 is 1.35 bits per heavy atom. The summed E-state index contributed by atoms with van der Waals surface area (Å²) in [4.78, 5) is 23.1. The molecule has 1 fully saturated rings. The minimum Gasteiger partial charge on any atom is -0.463 e. The maximum Gasteiger partial charge on any atom is 0.332 e. The Labute approximate surface area is 119 Å². The van der Waals surface area contributed by atoms with Crippen LogP contribution in [0.25, 0.3) is 0 Å². The molecule has 20 heavy (non-hydrogen) atoms. The van der Waals surface area contributed by atoms with Crippen molar-refractivity contribution >= 4 is 11.8 Å². The first-order valence-corrected chi connectivity index (χ1v) is 6.96. The van der Waals surface area contributed by atoms with Crippen molar-refractivity contribution < 1.29 is 14.3 Å². The topological polar surface area (TPSA) is 55.4 Å². The average Bonchev–Trinajstić information content (AvgIpc) is 2.37. The standard InChI is InChI=1S/C16H21NO3/c1-4-20-14(19)11-13-16(7-5-12(18)6-8-16)10-9-15(2,3)17-13/h5-8,11,17H,4,9-10H2,1-3H3. The van der Waals surface area contributed by atoms with Gasteiger partial charge in [0.15, 0.2) is 5.78 Å². The first kappa shape index (κ1) is 14.6. The monoisotopic (exact) mass is 275 g/mol. The van der Waals surface area contributed by atoms with E-state index < -0.39 is 5.41 Å². The molecule has 1 spiro atoms. The second kappa shape index (κ2) is 5.27. The fraction of sp³-hybridized carbons (Fsp3) is 0.500. The van der Waals surface area contributed by atoms with Gasteiger partial charge in [0, 0.05) is 22.7 Å². The molecular weight excluding hydrogens is 254 g/mol. The summed E-state index contributed by atoms with van der Waals surface area (Å²) in [5.41, 5.74) is 0.329. The molecule has 0 aromatic heterocycles. The minimum atomic E-state index is -0.393. The molecule has 1 saturated heterocycles. The Hall–Kier alpha value is -1.84. The molecule has 4 heteroatoms. The summed E-state index contributed by atoms with van der Waals surface area (Å²) in [6.45, 7) is 6.33. The number of hydrogen-bond donors (Lipinski definition) is 1. The van der Waals surface area contributed by atoms with E-state index in [0.717, 1.165) is 18.5 Å². The number of hydrogen-bond acceptors (Lipinski definition) is 4. The third-order valence-electron chi connectivity index (χ3n) is 3.78. The minimum absolute atomic E-state index is 0.0176. The highest BCUT2D eigenvalue weighted by Crippen LogP contribution is 2.43. The van der Waals surface area contributed by atoms with Crippen LogP contribution in [0.15, 0.2) is 36.1 Å². The second-order valence-corrected chi connectivity index (χ2v) is 5.93. The van der Waals surface area contributed by atoms with Crippen LogP contribution in [0.1, 0.15) is 33.6 Å². The molecule has 0 aromatic carbocycles. The van der Waals surface area contributed by atoms with Gasteiger partial charge in [0.05, 0.1) is 6.61 Å². The third kappa shape index (κ3) is 3.00. The smallest absolute Gasteiger partial charge is 0.332 e. The molecule has 0 amide bonds. The normalized spacial score (nSPS) is 24.8. The third-order valence-corrected chi connectivity index (χ3v) is 3.78. The summed E-state index contributed by atoms with van der Waals surface area (Å²) in [5, 5.41) is 3.40. The molecular formula is C16H21NO3. The van der Waals surface area contributed by atoms with Gasteiger partial charge in [-0.1, -0.05) is 12.2 Å². The molecule has 0 saturated carbocycles. The second-order valence-electron chi connectivity index (χ2n) is 5.93. The van der Waals surface area contributed by atoms with Crippen molar-refractivity contribution in [1.82, 2.24) is 5.32 Å². The molecule has 0 unspecified atom stereocenters. The number of carbonyl (C=O) groups is 2. The molecule has 0 radical (unpaired) electrons. The van der Waals surface area contributed by atoms with Gasteiger partial charge in [-0.2, -0.15) is 0 Å². The average molecular weight is 275 g/mol. The Kier molecular flexibility index (Phi) is 3.84. The van der Waals surface area contributed by atoms with Gasteiger partial charge in [-0.05, 0) is 45.8 Å². The van der Waals surface area contributed by atoms with Crippen molar-refractivity contribution in [2.75, 3.05) is 6.61 Å². The van der Waals surface area contributed by atoms with Crippen molar-refractivity contribution in [2.24, 2.45) is 5.41 Å². The highest BCUT2D eigenvalue weighted by atomic mass is 16.5. The summed E-state index contributed by atoms with van der Waals surface area (Å²) in [6.07, 6.45) is 10.2. The van der Waals surface area contributed by atoms with Gasteiger partial charge in [0.25, 0.3) is 0 Å². The maximum absolute atomic E-state index is 11.8. The molecule has 4 nitrogen and oxygen atoms in total. The molecule has 0 bridgehead atoms. The zero-order valence-corrected chi connectivity index (χ0v) is 12.2. The number of rotatable bonds is 2. The van der Waals surface area contributed by atoms with Gasteiger partial charge < -0.3 is 10.1 Å². The van der Waals surface area contributed by atoms with Crippen molar-refractivity contribution in [1.29, 1.82) is 0 Å². The van der Waals surface area contributed by atoms with E-state index in [9.17, 15) is 9.59 Å². The highest BCUT2D eigenvalue weighted by molar-refractivity contribution is 6.00. The number of piperidine rings is 1. The predicted octanol–water partition coefficient (Wildman–Crippen LogP) is 2.28. The van der Waals surface area contributed by atoms with Crippen LogP contribution in [0.5, 0.6) is 0 Å². The van der Waals surface area contributed by atoms with Crippen LogP contribution in [-0.2, 0) is 14.3 Å². The van der Waals surface area contributed by atoms with Gasteiger partial charge in [-0.3, -0.25) is 4.79 Å². The van der Waals surface area contributed by atoms with Gasteiger partial charge in [-0.25, -0.2) is 4.79 Å². The van der Waals surface area contributed by atoms with E-state index in [1.54, 1.807) is 19.1 Å². The van der Waals surface area contributed by atoms with E-state index in [1.165, 1.54) is 6.08 Å². The molecule has 0 aromatic rings. The Morgan fingerprint density at radius 2 is 2.00 bits per heavy atom. The number of allylic oxidation sites excluding steroid dienone is 3. The first-order chi connectivity index (χ1) is 9.37. The summed E-state index contributed by atoms with van der Waals surface area (Å²) in [5.74, 6) is -0.373. The largest absolute Gasteiger partial charge is 0.463 e. The van der Waals surface area contributed by atoms with Crippen molar-refractivity contribution in [3.8, 4) is 0 Å². The van der Waals surface area contributed by atoms with Gasteiger partial charge in [-0.15, -0.1) is 0 Å². The lowest BCUT2D eigenvalue weighted by atomic mass is 9.70. The van der Waals surface area contributed by atoms with Crippen LogP contribution >= 0.6 is 0 Å². The lowest BCUT2D eigenvalue weighted by Crippen LogP contribution is -2.49. The van der Waals surface area contributed by atoms with Gasteiger partial charge in [0.2, 0.25) is 0 Å². The molecule has 1 heterocycles. The zero-order chi connectivity index (χ0) is 14.8. The summed E-state index contributed by atoms with van der Waals surface area (Å²) in [7, 11) is 0. The maximum atomic E-state index is 11.8. The summed E-state index contributed by atoms with van der Waals surface area (Å²) >= 11 is 0. The fourth-order valence-electron chi connectivity index (χ4n) is 2.59. The van der Waals surface area contributed by atoms with Crippen LogP contribution in [0, 0.1) is 5.41 Å². The summed E-state index contributed by atoms with van der Waals surface area (Å²) in [6, 6.07) is 0. The molecule has 1 aliphatic heterocycles. The van der Waals surface area contributed by atoms with Crippen LogP contribution in [0.2, 0.25) is 0 Å². The van der Waals surface area contributed by atoms with E-state index >= 15 is 0 Å². The Balaban J connectivity index is 2.35. The van der Waals surface area contributed by atoms with Crippen molar-refractivity contribution in [3.63, 3.8) is 0 Å².